The fourth-order valence-electron chi connectivity index (χ4n) is 3.75. The summed E-state index contributed by atoms with van der Waals surface area (Å²) in [5, 5.41) is 7.80. The number of hydrogen-bond acceptors (Lipinski definition) is 5. The molecule has 1 saturated carbocycles. The number of amides is 1. The van der Waals surface area contributed by atoms with Gasteiger partial charge in [-0.3, -0.25) is 4.79 Å². The van der Waals surface area contributed by atoms with Gasteiger partial charge in [-0.25, -0.2) is 0 Å². The molecule has 1 saturated heterocycles. The average molecular weight is 348 g/mol. The molecule has 2 aliphatic rings. The summed E-state index contributed by atoms with van der Waals surface area (Å²) < 4.78 is 5.28. The van der Waals surface area contributed by atoms with Crippen LogP contribution in [-0.2, 0) is 16.6 Å². The summed E-state index contributed by atoms with van der Waals surface area (Å²) in [5.74, 6) is 1.47. The number of aryl methyl sites for hydroxylation is 1. The van der Waals surface area contributed by atoms with Crippen molar-refractivity contribution in [3.8, 4) is 0 Å². The van der Waals surface area contributed by atoms with Gasteiger partial charge in [-0.2, -0.15) is 4.98 Å². The van der Waals surface area contributed by atoms with Crippen molar-refractivity contribution >= 4 is 5.91 Å². The van der Waals surface area contributed by atoms with Crippen LogP contribution in [0.1, 0.15) is 77.4 Å². The summed E-state index contributed by atoms with van der Waals surface area (Å²) in [5.41, 5.74) is -0.125. The lowest BCUT2D eigenvalue weighted by Crippen LogP contribution is -2.47. The van der Waals surface area contributed by atoms with Gasteiger partial charge < -0.3 is 14.7 Å². The van der Waals surface area contributed by atoms with Crippen LogP contribution >= 0.6 is 0 Å². The highest BCUT2D eigenvalue weighted by molar-refractivity contribution is 5.76. The number of carbonyl (C=O) groups excluding carboxylic acids is 1. The Hall–Kier alpha value is -1.43. The molecule has 140 valence electrons. The maximum Gasteiger partial charge on any atom is 0.227 e. The van der Waals surface area contributed by atoms with Gasteiger partial charge >= 0.3 is 0 Å². The molecule has 1 aromatic rings. The van der Waals surface area contributed by atoms with Gasteiger partial charge in [-0.1, -0.05) is 38.8 Å². The molecule has 2 fully saturated rings. The Bertz CT molecular complexity index is 564. The molecular formula is C19H32N4O2. The highest BCUT2D eigenvalue weighted by Gasteiger charge is 2.26. The Morgan fingerprint density at radius 1 is 1.16 bits per heavy atom. The smallest absolute Gasteiger partial charge is 0.227 e. The van der Waals surface area contributed by atoms with E-state index in [1.165, 1.54) is 25.7 Å². The summed E-state index contributed by atoms with van der Waals surface area (Å²) in [6, 6.07) is 1.29. The molecule has 0 unspecified atom stereocenters. The van der Waals surface area contributed by atoms with E-state index >= 15 is 0 Å². The van der Waals surface area contributed by atoms with E-state index in [2.05, 4.69) is 36.2 Å². The summed E-state index contributed by atoms with van der Waals surface area (Å²) in [7, 11) is 0. The first-order valence-electron chi connectivity index (χ1n) is 9.79. The summed E-state index contributed by atoms with van der Waals surface area (Å²) >= 11 is 0. The molecule has 0 bridgehead atoms. The topological polar surface area (TPSA) is 71.3 Å². The third-order valence-electron chi connectivity index (χ3n) is 5.37. The van der Waals surface area contributed by atoms with Crippen molar-refractivity contribution < 1.29 is 9.32 Å². The van der Waals surface area contributed by atoms with Gasteiger partial charge in [0.25, 0.3) is 0 Å². The minimum absolute atomic E-state index is 0.125. The molecule has 1 aliphatic carbocycles. The SMILES string of the molecule is CC(C)(C)c1noc(CCC(=O)N2CCC(NC3CCCC3)CC2)n1. The van der Waals surface area contributed by atoms with E-state index in [-0.39, 0.29) is 11.3 Å². The van der Waals surface area contributed by atoms with Crippen molar-refractivity contribution in [2.24, 2.45) is 0 Å². The molecule has 2 heterocycles. The summed E-state index contributed by atoms with van der Waals surface area (Å²) in [4.78, 5) is 18.8. The third kappa shape index (κ3) is 5.03. The Morgan fingerprint density at radius 3 is 2.40 bits per heavy atom. The molecule has 0 spiro atoms. The molecule has 0 aromatic carbocycles. The molecule has 3 rings (SSSR count). The molecule has 1 N–H and O–H groups in total. The van der Waals surface area contributed by atoms with Gasteiger partial charge in [-0.05, 0) is 25.7 Å². The predicted octanol–water partition coefficient (Wildman–Crippen LogP) is 2.82. The monoisotopic (exact) mass is 348 g/mol. The number of hydrogen-bond donors (Lipinski definition) is 1. The lowest BCUT2D eigenvalue weighted by molar-refractivity contribution is -0.132. The van der Waals surface area contributed by atoms with Crippen molar-refractivity contribution in [2.45, 2.75) is 89.6 Å². The standard InChI is InChI=1S/C19H32N4O2/c1-19(2,3)18-21-16(25-22-18)8-9-17(24)23-12-10-15(11-13-23)20-14-6-4-5-7-14/h14-15,20H,4-13H2,1-3H3. The minimum Gasteiger partial charge on any atom is -0.343 e. The Morgan fingerprint density at radius 2 is 1.80 bits per heavy atom. The van der Waals surface area contributed by atoms with Crippen LogP contribution in [0.15, 0.2) is 4.52 Å². The molecule has 6 nitrogen and oxygen atoms in total. The normalized spacial score (nSPS) is 20.4. The predicted molar refractivity (Wildman–Crippen MR) is 96.3 cm³/mol. The molecule has 0 radical (unpaired) electrons. The van der Waals surface area contributed by atoms with Crippen LogP contribution in [0, 0.1) is 0 Å². The highest BCUT2D eigenvalue weighted by Crippen LogP contribution is 2.21. The van der Waals surface area contributed by atoms with Crippen molar-refractivity contribution in [3.63, 3.8) is 0 Å². The van der Waals surface area contributed by atoms with E-state index in [1.807, 2.05) is 4.90 Å². The van der Waals surface area contributed by atoms with E-state index in [9.17, 15) is 4.79 Å². The average Bonchev–Trinajstić information content (AvgIpc) is 3.24. The largest absolute Gasteiger partial charge is 0.343 e. The second-order valence-electron chi connectivity index (χ2n) is 8.56. The number of likely N-dealkylation sites (tertiary alicyclic amines) is 1. The lowest BCUT2D eigenvalue weighted by Gasteiger charge is -2.34. The van der Waals surface area contributed by atoms with Crippen molar-refractivity contribution in [1.29, 1.82) is 0 Å². The first-order valence-corrected chi connectivity index (χ1v) is 9.79. The van der Waals surface area contributed by atoms with Crippen LogP contribution in [0.3, 0.4) is 0 Å². The molecule has 1 amide bonds. The Kier molecular flexibility index (Phi) is 5.77. The van der Waals surface area contributed by atoms with Gasteiger partial charge in [0.2, 0.25) is 11.8 Å². The van der Waals surface area contributed by atoms with E-state index in [0.717, 1.165) is 25.9 Å². The van der Waals surface area contributed by atoms with Crippen LogP contribution < -0.4 is 5.32 Å². The van der Waals surface area contributed by atoms with Crippen LogP contribution in [0.2, 0.25) is 0 Å². The second kappa shape index (κ2) is 7.85. The molecule has 1 aliphatic heterocycles. The summed E-state index contributed by atoms with van der Waals surface area (Å²) in [6.07, 6.45) is 8.48. The molecular weight excluding hydrogens is 316 g/mol. The van der Waals surface area contributed by atoms with Crippen LogP contribution in [0.4, 0.5) is 0 Å². The van der Waals surface area contributed by atoms with Crippen LogP contribution in [0.5, 0.6) is 0 Å². The number of nitrogens with one attached hydrogen (secondary N) is 1. The molecule has 25 heavy (non-hydrogen) atoms. The number of piperidine rings is 1. The number of carbonyl (C=O) groups is 1. The quantitative estimate of drug-likeness (QED) is 0.886. The van der Waals surface area contributed by atoms with Gasteiger partial charge in [0.1, 0.15) is 0 Å². The van der Waals surface area contributed by atoms with E-state index in [4.69, 9.17) is 4.52 Å². The zero-order valence-electron chi connectivity index (χ0n) is 15.9. The third-order valence-corrected chi connectivity index (χ3v) is 5.37. The van der Waals surface area contributed by atoms with Crippen molar-refractivity contribution in [3.05, 3.63) is 11.7 Å². The zero-order valence-corrected chi connectivity index (χ0v) is 15.9. The molecule has 6 heteroatoms. The van der Waals surface area contributed by atoms with Crippen molar-refractivity contribution in [2.75, 3.05) is 13.1 Å². The van der Waals surface area contributed by atoms with Crippen LogP contribution in [0.25, 0.3) is 0 Å². The fourth-order valence-corrected chi connectivity index (χ4v) is 3.75. The van der Waals surface area contributed by atoms with Gasteiger partial charge in [0, 0.05) is 43.4 Å². The summed E-state index contributed by atoms with van der Waals surface area (Å²) in [6.45, 7) is 7.88. The highest BCUT2D eigenvalue weighted by atomic mass is 16.5. The zero-order chi connectivity index (χ0) is 17.9. The molecule has 0 atom stereocenters. The van der Waals surface area contributed by atoms with E-state index < -0.39 is 0 Å². The first-order chi connectivity index (χ1) is 11.9. The van der Waals surface area contributed by atoms with Gasteiger partial charge in [0.15, 0.2) is 5.82 Å². The van der Waals surface area contributed by atoms with E-state index in [0.29, 0.717) is 36.6 Å². The van der Waals surface area contributed by atoms with Crippen LogP contribution in [-0.4, -0.2) is 46.1 Å². The fraction of sp³-hybridized carbons (Fsp3) is 0.842. The van der Waals surface area contributed by atoms with Crippen molar-refractivity contribution in [1.82, 2.24) is 20.4 Å². The Balaban J connectivity index is 1.39. The number of nitrogens with zero attached hydrogens (tertiary/aromatic N) is 3. The molecule has 1 aromatic heterocycles. The van der Waals surface area contributed by atoms with Gasteiger partial charge in [0.05, 0.1) is 0 Å². The van der Waals surface area contributed by atoms with Gasteiger partial charge in [-0.15, -0.1) is 0 Å². The van der Waals surface area contributed by atoms with E-state index in [1.54, 1.807) is 0 Å². The first kappa shape index (κ1) is 18.4. The minimum atomic E-state index is -0.125. The lowest BCUT2D eigenvalue weighted by atomic mass is 9.96. The Labute approximate surface area is 150 Å². The number of rotatable bonds is 5. The number of aromatic nitrogens is 2. The maximum absolute atomic E-state index is 12.4. The maximum atomic E-state index is 12.4. The second-order valence-corrected chi connectivity index (χ2v) is 8.56.